The lowest BCUT2D eigenvalue weighted by Crippen LogP contribution is -2.59. The predicted octanol–water partition coefficient (Wildman–Crippen LogP) is 5.19. The Balaban J connectivity index is 1.34. The molecule has 2 spiro atoms. The number of ether oxygens (including phenoxy) is 3. The summed E-state index contributed by atoms with van der Waals surface area (Å²) in [5, 5.41) is 23.2. The normalized spacial score (nSPS) is 58.4. The van der Waals surface area contributed by atoms with Crippen molar-refractivity contribution >= 4 is 6.16 Å². The standard InChI is InChI=1S/C30H48O6/c1-16-14-18(15-35-25(33)34-7)36-23-22(16)27(5)12-13-30-17(2)29(30)11-10-21(31)26(3,4)19(29)8-9-20(30)28(27,6)24(23)32/h16-24,31-32H,8-15H2,1-7H3. The summed E-state index contributed by atoms with van der Waals surface area (Å²) in [5.74, 6) is 2.36. The van der Waals surface area contributed by atoms with Crippen molar-refractivity contribution in [3.8, 4) is 0 Å². The minimum absolute atomic E-state index is 0.0145. The maximum Gasteiger partial charge on any atom is 0.508 e. The number of carbonyl (C=O) groups excluding carboxylic acids is 1. The minimum Gasteiger partial charge on any atom is -0.438 e. The summed E-state index contributed by atoms with van der Waals surface area (Å²) >= 11 is 0. The Kier molecular flexibility index (Phi) is 5.39. The van der Waals surface area contributed by atoms with Gasteiger partial charge in [0.15, 0.2) is 0 Å². The quantitative estimate of drug-likeness (QED) is 0.504. The van der Waals surface area contributed by atoms with Crippen LogP contribution in [0.2, 0.25) is 0 Å². The van der Waals surface area contributed by atoms with Gasteiger partial charge < -0.3 is 24.4 Å². The van der Waals surface area contributed by atoms with Gasteiger partial charge in [0.2, 0.25) is 0 Å². The van der Waals surface area contributed by atoms with E-state index in [0.717, 1.165) is 38.5 Å². The number of aliphatic hydroxyl groups excluding tert-OH is 2. The molecule has 1 aliphatic heterocycles. The van der Waals surface area contributed by atoms with Crippen LogP contribution in [0.5, 0.6) is 0 Å². The number of methoxy groups -OCH3 is 1. The second-order valence-corrected chi connectivity index (χ2v) is 14.7. The molecule has 1 saturated heterocycles. The first-order valence-corrected chi connectivity index (χ1v) is 14.6. The van der Waals surface area contributed by atoms with Gasteiger partial charge in [-0.2, -0.15) is 0 Å². The Hall–Kier alpha value is -0.850. The Labute approximate surface area is 216 Å². The Bertz CT molecular complexity index is 934. The molecular weight excluding hydrogens is 456 g/mol. The molecule has 6 heteroatoms. The first-order valence-electron chi connectivity index (χ1n) is 14.6. The second kappa shape index (κ2) is 7.63. The van der Waals surface area contributed by atoms with Gasteiger partial charge in [0.25, 0.3) is 0 Å². The Morgan fingerprint density at radius 3 is 2.33 bits per heavy atom. The first-order chi connectivity index (χ1) is 16.8. The Morgan fingerprint density at radius 2 is 1.64 bits per heavy atom. The molecule has 6 fully saturated rings. The fraction of sp³-hybridized carbons (Fsp3) is 0.967. The van der Waals surface area contributed by atoms with Crippen LogP contribution in [0.15, 0.2) is 0 Å². The number of carbonyl (C=O) groups is 1. The van der Waals surface area contributed by atoms with Crippen LogP contribution in [0.1, 0.15) is 86.5 Å². The van der Waals surface area contributed by atoms with Crippen molar-refractivity contribution < 1.29 is 29.2 Å². The van der Waals surface area contributed by atoms with E-state index in [1.54, 1.807) is 0 Å². The van der Waals surface area contributed by atoms with Gasteiger partial charge in [-0.1, -0.05) is 41.5 Å². The van der Waals surface area contributed by atoms with Crippen LogP contribution in [-0.4, -0.2) is 54.5 Å². The lowest BCUT2D eigenvalue weighted by molar-refractivity contribution is -0.182. The molecule has 13 atom stereocenters. The van der Waals surface area contributed by atoms with E-state index in [9.17, 15) is 15.0 Å². The third-order valence-corrected chi connectivity index (χ3v) is 14.1. The second-order valence-electron chi connectivity index (χ2n) is 14.7. The van der Waals surface area contributed by atoms with E-state index in [2.05, 4.69) is 46.3 Å². The van der Waals surface area contributed by atoms with Crippen molar-refractivity contribution in [3.63, 3.8) is 0 Å². The van der Waals surface area contributed by atoms with E-state index >= 15 is 0 Å². The SMILES string of the molecule is COC(=O)OCC1CC(C)C2C(O1)C(O)C1(C)C3CCC4C(C)(C)C(O)CCC45C(C)C35CCC21C. The first kappa shape index (κ1) is 25.4. The number of hydrogen-bond acceptors (Lipinski definition) is 6. The van der Waals surface area contributed by atoms with Gasteiger partial charge in [-0.05, 0) is 96.2 Å². The molecule has 36 heavy (non-hydrogen) atoms. The van der Waals surface area contributed by atoms with E-state index in [4.69, 9.17) is 9.47 Å². The average molecular weight is 505 g/mol. The molecule has 6 rings (SSSR count). The smallest absolute Gasteiger partial charge is 0.438 e. The molecule has 0 amide bonds. The van der Waals surface area contributed by atoms with Gasteiger partial charge in [-0.3, -0.25) is 0 Å². The van der Waals surface area contributed by atoms with Gasteiger partial charge >= 0.3 is 6.16 Å². The molecule has 1 heterocycles. The summed E-state index contributed by atoms with van der Waals surface area (Å²) < 4.78 is 16.5. The summed E-state index contributed by atoms with van der Waals surface area (Å²) in [5.41, 5.74) is 0.332. The maximum atomic E-state index is 12.2. The van der Waals surface area contributed by atoms with E-state index in [1.165, 1.54) is 13.5 Å². The lowest BCUT2D eigenvalue weighted by atomic mass is 9.41. The molecule has 13 unspecified atom stereocenters. The zero-order valence-electron chi connectivity index (χ0n) is 23.4. The highest BCUT2D eigenvalue weighted by Gasteiger charge is 2.87. The monoisotopic (exact) mass is 504 g/mol. The number of fused-ring (bicyclic) bond motifs is 4. The molecule has 0 aromatic heterocycles. The van der Waals surface area contributed by atoms with Crippen LogP contribution < -0.4 is 0 Å². The highest BCUT2D eigenvalue weighted by molar-refractivity contribution is 5.59. The predicted molar refractivity (Wildman–Crippen MR) is 135 cm³/mol. The highest BCUT2D eigenvalue weighted by Crippen LogP contribution is 2.91. The summed E-state index contributed by atoms with van der Waals surface area (Å²) in [4.78, 5) is 11.6. The molecular formula is C30H48O6. The van der Waals surface area contributed by atoms with Crippen molar-refractivity contribution in [1.82, 2.24) is 0 Å². The minimum atomic E-state index is -0.680. The summed E-state index contributed by atoms with van der Waals surface area (Å²) in [6.07, 6.45) is 5.69. The lowest BCUT2D eigenvalue weighted by Gasteiger charge is -2.63. The van der Waals surface area contributed by atoms with Crippen molar-refractivity contribution in [2.45, 2.75) is 111 Å². The molecule has 204 valence electrons. The van der Waals surface area contributed by atoms with Crippen LogP contribution >= 0.6 is 0 Å². The van der Waals surface area contributed by atoms with Crippen LogP contribution in [0.25, 0.3) is 0 Å². The van der Waals surface area contributed by atoms with E-state index in [0.29, 0.717) is 35.0 Å². The van der Waals surface area contributed by atoms with Crippen molar-refractivity contribution in [1.29, 1.82) is 0 Å². The summed E-state index contributed by atoms with van der Waals surface area (Å²) in [7, 11) is 1.32. The van der Waals surface area contributed by atoms with E-state index < -0.39 is 12.3 Å². The number of hydrogen-bond donors (Lipinski definition) is 2. The summed E-state index contributed by atoms with van der Waals surface area (Å²) in [6.45, 7) is 14.5. The van der Waals surface area contributed by atoms with Gasteiger partial charge in [0.1, 0.15) is 6.61 Å². The van der Waals surface area contributed by atoms with Crippen LogP contribution in [-0.2, 0) is 14.2 Å². The van der Waals surface area contributed by atoms with Crippen molar-refractivity contribution in [2.75, 3.05) is 13.7 Å². The van der Waals surface area contributed by atoms with Crippen molar-refractivity contribution in [2.24, 2.45) is 56.7 Å². The number of aliphatic hydroxyl groups is 2. The highest BCUT2D eigenvalue weighted by atomic mass is 16.7. The van der Waals surface area contributed by atoms with Gasteiger partial charge in [0, 0.05) is 5.41 Å². The van der Waals surface area contributed by atoms with Crippen molar-refractivity contribution in [3.05, 3.63) is 0 Å². The molecule has 0 bridgehead atoms. The van der Waals surface area contributed by atoms with Crippen LogP contribution in [0.4, 0.5) is 4.79 Å². The molecule has 5 aliphatic carbocycles. The van der Waals surface area contributed by atoms with Gasteiger partial charge in [0.05, 0.1) is 31.5 Å². The fourth-order valence-electron chi connectivity index (χ4n) is 12.5. The third-order valence-electron chi connectivity index (χ3n) is 14.1. The van der Waals surface area contributed by atoms with Gasteiger partial charge in [-0.15, -0.1) is 0 Å². The Morgan fingerprint density at radius 1 is 0.972 bits per heavy atom. The molecule has 0 aromatic rings. The molecule has 0 radical (unpaired) electrons. The van der Waals surface area contributed by atoms with Crippen LogP contribution in [0.3, 0.4) is 0 Å². The topological polar surface area (TPSA) is 85.2 Å². The average Bonchev–Trinajstić information content (AvgIpc) is 3.31. The molecule has 6 nitrogen and oxygen atoms in total. The maximum absolute atomic E-state index is 12.2. The largest absolute Gasteiger partial charge is 0.508 e. The number of rotatable bonds is 2. The zero-order chi connectivity index (χ0) is 26.1. The van der Waals surface area contributed by atoms with Crippen LogP contribution in [0, 0.1) is 56.7 Å². The van der Waals surface area contributed by atoms with E-state index in [-0.39, 0.29) is 46.6 Å². The molecule has 2 N–H and O–H groups in total. The van der Waals surface area contributed by atoms with E-state index in [1.807, 2.05) is 0 Å². The molecule has 0 aromatic carbocycles. The molecule has 6 aliphatic rings. The molecule has 5 saturated carbocycles. The fourth-order valence-corrected chi connectivity index (χ4v) is 12.5. The zero-order valence-corrected chi connectivity index (χ0v) is 23.4. The summed E-state index contributed by atoms with van der Waals surface area (Å²) in [6, 6.07) is 0. The third kappa shape index (κ3) is 2.63. The van der Waals surface area contributed by atoms with Gasteiger partial charge in [-0.25, -0.2) is 4.79 Å².